The fourth-order valence-corrected chi connectivity index (χ4v) is 3.58. The van der Waals surface area contributed by atoms with Crippen LogP contribution in [0.2, 0.25) is 5.02 Å². The first-order valence-electron chi connectivity index (χ1n) is 8.85. The Labute approximate surface area is 158 Å². The second-order valence-corrected chi connectivity index (χ2v) is 7.37. The number of hydrogen-bond acceptors (Lipinski definition) is 3. The lowest BCUT2D eigenvalue weighted by Gasteiger charge is -2.35. The van der Waals surface area contributed by atoms with Crippen molar-refractivity contribution in [1.82, 2.24) is 9.88 Å². The molecule has 6 heteroatoms. The Hall–Kier alpha value is -2.14. The smallest absolute Gasteiger partial charge is 0.224 e. The van der Waals surface area contributed by atoms with Crippen molar-refractivity contribution in [3.63, 3.8) is 0 Å². The van der Waals surface area contributed by atoms with E-state index in [1.807, 2.05) is 11.0 Å². The second-order valence-electron chi connectivity index (χ2n) is 6.96. The minimum absolute atomic E-state index is 0.0214. The summed E-state index contributed by atoms with van der Waals surface area (Å²) in [4.78, 5) is 21.2. The van der Waals surface area contributed by atoms with E-state index in [-0.39, 0.29) is 23.7 Å². The highest BCUT2D eigenvalue weighted by molar-refractivity contribution is 6.32. The lowest BCUT2D eigenvalue weighted by atomic mass is 10.0. The van der Waals surface area contributed by atoms with Crippen LogP contribution in [0.4, 0.5) is 10.2 Å². The topological polar surface area (TPSA) is 36.4 Å². The van der Waals surface area contributed by atoms with Crippen molar-refractivity contribution in [3.05, 3.63) is 59.0 Å². The quantitative estimate of drug-likeness (QED) is 0.805. The van der Waals surface area contributed by atoms with E-state index in [2.05, 4.69) is 23.7 Å². The van der Waals surface area contributed by atoms with Gasteiger partial charge in [0.05, 0.1) is 11.1 Å². The molecule has 0 radical (unpaired) electrons. The van der Waals surface area contributed by atoms with E-state index < -0.39 is 0 Å². The van der Waals surface area contributed by atoms with Gasteiger partial charge in [0.1, 0.15) is 11.6 Å². The van der Waals surface area contributed by atoms with Gasteiger partial charge in [0.15, 0.2) is 0 Å². The van der Waals surface area contributed by atoms with Crippen molar-refractivity contribution < 1.29 is 9.18 Å². The number of pyridine rings is 1. The van der Waals surface area contributed by atoms with E-state index >= 15 is 0 Å². The first-order chi connectivity index (χ1) is 12.5. The van der Waals surface area contributed by atoms with Crippen molar-refractivity contribution >= 4 is 23.3 Å². The number of rotatable bonds is 4. The fourth-order valence-electron chi connectivity index (χ4n) is 3.34. The van der Waals surface area contributed by atoms with Crippen LogP contribution in [0, 0.1) is 11.7 Å². The molecule has 1 atom stereocenters. The van der Waals surface area contributed by atoms with Gasteiger partial charge in [0.2, 0.25) is 5.91 Å². The molecule has 26 heavy (non-hydrogen) atoms. The van der Waals surface area contributed by atoms with Crippen LogP contribution in [0.5, 0.6) is 0 Å². The normalized spacial score (nSPS) is 18.3. The third kappa shape index (κ3) is 4.15. The van der Waals surface area contributed by atoms with E-state index in [1.54, 1.807) is 24.4 Å². The van der Waals surface area contributed by atoms with Gasteiger partial charge in [-0.1, -0.05) is 37.6 Å². The number of aromatic nitrogens is 1. The summed E-state index contributed by atoms with van der Waals surface area (Å²) in [5.41, 5.74) is 0.926. The molecule has 1 fully saturated rings. The van der Waals surface area contributed by atoms with E-state index in [4.69, 9.17) is 11.6 Å². The molecule has 1 saturated heterocycles. The molecule has 3 rings (SSSR count). The van der Waals surface area contributed by atoms with Gasteiger partial charge in [0, 0.05) is 32.3 Å². The summed E-state index contributed by atoms with van der Waals surface area (Å²) in [6.07, 6.45) is 2.12. The van der Waals surface area contributed by atoms with Crippen molar-refractivity contribution in [3.8, 4) is 0 Å². The van der Waals surface area contributed by atoms with Crippen molar-refractivity contribution in [1.29, 1.82) is 0 Å². The number of nitrogens with zero attached hydrogens (tertiary/aromatic N) is 3. The van der Waals surface area contributed by atoms with Gasteiger partial charge >= 0.3 is 0 Å². The van der Waals surface area contributed by atoms with Crippen LogP contribution in [-0.4, -0.2) is 34.9 Å². The molecular weight excluding hydrogens is 353 g/mol. The standard InChI is InChI=1S/C20H23ClFN3O/c1-14(2)18-13-24(20-17(21)4-3-10-23-20)11-9-19(26)25(18)12-15-5-7-16(22)8-6-15/h3-8,10,14,18H,9,11-13H2,1-2H3/t18-/m1/s1. The monoisotopic (exact) mass is 375 g/mol. The molecule has 0 N–H and O–H groups in total. The van der Waals surface area contributed by atoms with Crippen LogP contribution >= 0.6 is 11.6 Å². The molecule has 0 spiro atoms. The Morgan fingerprint density at radius 1 is 1.27 bits per heavy atom. The molecule has 1 aromatic heterocycles. The van der Waals surface area contributed by atoms with Gasteiger partial charge < -0.3 is 9.80 Å². The lowest BCUT2D eigenvalue weighted by molar-refractivity contribution is -0.134. The van der Waals surface area contributed by atoms with Crippen LogP contribution < -0.4 is 4.90 Å². The van der Waals surface area contributed by atoms with Crippen LogP contribution in [-0.2, 0) is 11.3 Å². The van der Waals surface area contributed by atoms with Crippen molar-refractivity contribution in [2.24, 2.45) is 5.92 Å². The van der Waals surface area contributed by atoms with Gasteiger partial charge in [-0.05, 0) is 35.7 Å². The van der Waals surface area contributed by atoms with E-state index in [1.165, 1.54) is 12.1 Å². The van der Waals surface area contributed by atoms with Crippen molar-refractivity contribution in [2.45, 2.75) is 32.9 Å². The highest BCUT2D eigenvalue weighted by Gasteiger charge is 2.32. The summed E-state index contributed by atoms with van der Waals surface area (Å²) in [6, 6.07) is 9.97. The van der Waals surface area contributed by atoms with Crippen LogP contribution in [0.25, 0.3) is 0 Å². The molecule has 1 amide bonds. The first-order valence-corrected chi connectivity index (χ1v) is 9.23. The number of amides is 1. The van der Waals surface area contributed by atoms with Crippen LogP contribution in [0.3, 0.4) is 0 Å². The molecule has 2 heterocycles. The number of carbonyl (C=O) groups is 1. The molecule has 1 aliphatic heterocycles. The minimum atomic E-state index is -0.271. The fraction of sp³-hybridized carbons (Fsp3) is 0.400. The Morgan fingerprint density at radius 2 is 2.00 bits per heavy atom. The van der Waals surface area contributed by atoms with E-state index in [0.717, 1.165) is 11.4 Å². The van der Waals surface area contributed by atoms with Gasteiger partial charge in [0.25, 0.3) is 0 Å². The Kier molecular flexibility index (Phi) is 5.77. The summed E-state index contributed by atoms with van der Waals surface area (Å²) in [6.45, 7) is 5.95. The number of anilines is 1. The molecule has 0 aliphatic carbocycles. The molecule has 1 aromatic carbocycles. The molecule has 0 saturated carbocycles. The number of halogens is 2. The highest BCUT2D eigenvalue weighted by atomic mass is 35.5. The highest BCUT2D eigenvalue weighted by Crippen LogP contribution is 2.27. The SMILES string of the molecule is CC(C)[C@H]1CN(c2ncccc2Cl)CCC(=O)N1Cc1ccc(F)cc1. The molecule has 138 valence electrons. The third-order valence-corrected chi connectivity index (χ3v) is 5.09. The largest absolute Gasteiger partial charge is 0.353 e. The maximum absolute atomic E-state index is 13.2. The predicted octanol–water partition coefficient (Wildman–Crippen LogP) is 4.14. The Balaban J connectivity index is 1.86. The number of hydrogen-bond donors (Lipinski definition) is 0. The number of benzene rings is 1. The predicted molar refractivity (Wildman–Crippen MR) is 102 cm³/mol. The zero-order chi connectivity index (χ0) is 18.7. The maximum atomic E-state index is 13.2. The molecular formula is C20H23ClFN3O. The average molecular weight is 376 g/mol. The number of carbonyl (C=O) groups excluding carboxylic acids is 1. The zero-order valence-electron chi connectivity index (χ0n) is 15.0. The Morgan fingerprint density at radius 3 is 2.65 bits per heavy atom. The third-order valence-electron chi connectivity index (χ3n) is 4.80. The lowest BCUT2D eigenvalue weighted by Crippen LogP contribution is -2.46. The summed E-state index contributed by atoms with van der Waals surface area (Å²) in [7, 11) is 0. The van der Waals surface area contributed by atoms with Gasteiger partial charge in [-0.2, -0.15) is 0 Å². The van der Waals surface area contributed by atoms with E-state index in [0.29, 0.717) is 31.1 Å². The summed E-state index contributed by atoms with van der Waals surface area (Å²) >= 11 is 6.32. The zero-order valence-corrected chi connectivity index (χ0v) is 15.8. The Bertz CT molecular complexity index is 766. The van der Waals surface area contributed by atoms with Crippen molar-refractivity contribution in [2.75, 3.05) is 18.0 Å². The van der Waals surface area contributed by atoms with E-state index in [9.17, 15) is 9.18 Å². The second kappa shape index (κ2) is 8.04. The van der Waals surface area contributed by atoms with Gasteiger partial charge in [-0.15, -0.1) is 0 Å². The van der Waals surface area contributed by atoms with Crippen LogP contribution in [0.1, 0.15) is 25.8 Å². The molecule has 1 aliphatic rings. The van der Waals surface area contributed by atoms with Gasteiger partial charge in [-0.3, -0.25) is 4.79 Å². The summed E-state index contributed by atoms with van der Waals surface area (Å²) in [5.74, 6) is 0.814. The molecule has 0 unspecified atom stereocenters. The van der Waals surface area contributed by atoms with Gasteiger partial charge in [-0.25, -0.2) is 9.37 Å². The molecule has 2 aromatic rings. The average Bonchev–Trinajstić information content (AvgIpc) is 2.77. The first kappa shape index (κ1) is 18.6. The minimum Gasteiger partial charge on any atom is -0.353 e. The maximum Gasteiger partial charge on any atom is 0.224 e. The molecule has 0 bridgehead atoms. The summed E-state index contributed by atoms with van der Waals surface area (Å²) < 4.78 is 13.2. The van der Waals surface area contributed by atoms with Crippen LogP contribution in [0.15, 0.2) is 42.6 Å². The molecule has 4 nitrogen and oxygen atoms in total. The summed E-state index contributed by atoms with van der Waals surface area (Å²) in [5, 5.41) is 0.592.